The quantitative estimate of drug-likeness (QED) is 0.289. The maximum Gasteiger partial charge on any atom is 0.416 e. The van der Waals surface area contributed by atoms with Gasteiger partial charge in [-0.2, -0.15) is 22.7 Å². The molecule has 8 rings (SSSR count). The van der Waals surface area contributed by atoms with Crippen LogP contribution in [0.1, 0.15) is 78.1 Å². The van der Waals surface area contributed by atoms with E-state index in [1.54, 1.807) is 9.47 Å². The first-order chi connectivity index (χ1) is 25.3. The summed E-state index contributed by atoms with van der Waals surface area (Å²) in [5.74, 6) is -0.661. The lowest BCUT2D eigenvalue weighted by molar-refractivity contribution is -0.137. The molecule has 0 saturated carbocycles. The largest absolute Gasteiger partial charge is 0.503 e. The van der Waals surface area contributed by atoms with Crippen molar-refractivity contribution in [2.75, 3.05) is 49.6 Å². The summed E-state index contributed by atoms with van der Waals surface area (Å²) in [5.41, 5.74) is -0.133. The van der Waals surface area contributed by atoms with E-state index in [1.165, 1.54) is 10.8 Å². The van der Waals surface area contributed by atoms with E-state index >= 15 is 0 Å². The fraction of sp³-hybridized carbons (Fsp3) is 0.457. The second-order valence-corrected chi connectivity index (χ2v) is 14.4. The average Bonchev–Trinajstić information content (AvgIpc) is 3.68. The van der Waals surface area contributed by atoms with Crippen molar-refractivity contribution in [1.82, 2.24) is 34.0 Å². The van der Waals surface area contributed by atoms with Crippen molar-refractivity contribution in [2.24, 2.45) is 0 Å². The Hall–Kier alpha value is -5.03. The Labute approximate surface area is 305 Å². The minimum absolute atomic E-state index is 0.00108. The van der Waals surface area contributed by atoms with E-state index in [4.69, 9.17) is 21.3 Å². The number of rotatable bonds is 6. The molecule has 2 fully saturated rings. The number of piperidine rings is 1. The van der Waals surface area contributed by atoms with E-state index in [2.05, 4.69) is 20.4 Å². The summed E-state index contributed by atoms with van der Waals surface area (Å²) in [6.07, 6.45) is 1.44. The number of aromatic nitrogens is 6. The maximum absolute atomic E-state index is 14.5. The van der Waals surface area contributed by atoms with Crippen LogP contribution in [0, 0.1) is 0 Å². The summed E-state index contributed by atoms with van der Waals surface area (Å²) in [7, 11) is 0. The lowest BCUT2D eigenvalue weighted by atomic mass is 9.73. The molecule has 18 heteroatoms. The molecule has 278 valence electrons. The number of hydrogen-bond acceptors (Lipinski definition) is 10. The fourth-order valence-electron chi connectivity index (χ4n) is 8.04. The third-order valence-corrected chi connectivity index (χ3v) is 11.1. The summed E-state index contributed by atoms with van der Waals surface area (Å²) >= 11 is 6.16. The number of nitrogens with one attached hydrogen (secondary N) is 1. The molecule has 0 radical (unpaired) electrons. The van der Waals surface area contributed by atoms with Gasteiger partial charge >= 0.3 is 6.18 Å². The number of likely N-dealkylation sites (tertiary alicyclic amines) is 1. The smallest absolute Gasteiger partial charge is 0.416 e. The maximum atomic E-state index is 14.5. The molecule has 2 saturated heterocycles. The SMILES string of the molecule is C[C@@H]1CC2(CCN(C(=O)c3ncnc(N4CCC4)c3O)CC2)c2c1n(CC(=O)Nc1ccc(C(F)(F)F)cc1Cl)c1nc(C3=CCOCC3)nn1c2=O. The molecule has 3 aromatic heterocycles. The molecular formula is C35H35ClF3N9O5. The molecule has 2 amide bonds. The van der Waals surface area contributed by atoms with Crippen LogP contribution < -0.4 is 15.8 Å². The molecule has 1 spiro atoms. The minimum atomic E-state index is -4.61. The highest BCUT2D eigenvalue weighted by atomic mass is 35.5. The summed E-state index contributed by atoms with van der Waals surface area (Å²) < 4.78 is 48.1. The summed E-state index contributed by atoms with van der Waals surface area (Å²) in [4.78, 5) is 58.3. The van der Waals surface area contributed by atoms with Gasteiger partial charge in [-0.15, -0.1) is 5.10 Å². The van der Waals surface area contributed by atoms with Gasteiger partial charge in [-0.05, 0) is 61.8 Å². The normalized spacial score (nSPS) is 19.6. The predicted octanol–water partition coefficient (Wildman–Crippen LogP) is 4.39. The van der Waals surface area contributed by atoms with Gasteiger partial charge in [0.05, 0.1) is 29.5 Å². The monoisotopic (exact) mass is 753 g/mol. The number of nitrogens with zero attached hydrogens (tertiary/aromatic N) is 8. The highest BCUT2D eigenvalue weighted by Gasteiger charge is 2.49. The second-order valence-electron chi connectivity index (χ2n) is 14.0. The first-order valence-corrected chi connectivity index (χ1v) is 17.8. The summed E-state index contributed by atoms with van der Waals surface area (Å²) in [5, 5.41) is 17.9. The molecule has 1 aliphatic carbocycles. The number of benzene rings is 1. The topological polar surface area (TPSA) is 160 Å². The fourth-order valence-corrected chi connectivity index (χ4v) is 8.27. The van der Waals surface area contributed by atoms with Crippen LogP contribution in [-0.4, -0.2) is 90.3 Å². The van der Waals surface area contributed by atoms with Crippen molar-refractivity contribution in [2.45, 2.75) is 63.1 Å². The van der Waals surface area contributed by atoms with Crippen molar-refractivity contribution in [1.29, 1.82) is 0 Å². The van der Waals surface area contributed by atoms with Crippen LogP contribution in [0.4, 0.5) is 24.7 Å². The standard InChI is InChI=1S/C35H35ClF3N9O5/c1-19-16-34(7-11-46(12-8-34)32(52)26-28(50)30(41-18-40-26)45-9-2-10-45)25-27(19)47(17-24(49)42-23-4-3-21(15-22(23)36)35(37,38)39)33-43-29(44-48(33)31(25)51)20-5-13-53-14-6-20/h3-5,15,18-19,50H,2,6-14,16-17H2,1H3,(H,42,49)/t19-/m1/s1. The molecule has 0 bridgehead atoms. The Morgan fingerprint density at radius 3 is 2.58 bits per heavy atom. The molecule has 4 aliphatic rings. The third kappa shape index (κ3) is 6.08. The molecule has 6 heterocycles. The van der Waals surface area contributed by atoms with Gasteiger partial charge in [0, 0.05) is 42.9 Å². The van der Waals surface area contributed by atoms with Gasteiger partial charge in [-0.3, -0.25) is 14.4 Å². The first kappa shape index (κ1) is 35.0. The van der Waals surface area contributed by atoms with E-state index < -0.39 is 29.0 Å². The lowest BCUT2D eigenvalue weighted by Crippen LogP contribution is -2.47. The molecule has 2 N–H and O–H groups in total. The van der Waals surface area contributed by atoms with Crippen molar-refractivity contribution in [3.05, 3.63) is 74.3 Å². The molecule has 1 aromatic carbocycles. The highest BCUT2D eigenvalue weighted by Crippen LogP contribution is 2.50. The number of ether oxygens (including phenoxy) is 1. The second kappa shape index (κ2) is 13.1. The summed E-state index contributed by atoms with van der Waals surface area (Å²) in [6.45, 7) is 4.50. The Bertz CT molecular complexity index is 2240. The van der Waals surface area contributed by atoms with Crippen molar-refractivity contribution >= 4 is 46.3 Å². The van der Waals surface area contributed by atoms with E-state index in [-0.39, 0.29) is 59.0 Å². The number of carbonyl (C=O) groups excluding carboxylic acids is 2. The van der Waals surface area contributed by atoms with Crippen molar-refractivity contribution in [3.63, 3.8) is 0 Å². The number of fused-ring (bicyclic) bond motifs is 3. The van der Waals surface area contributed by atoms with Crippen LogP contribution in [0.2, 0.25) is 5.02 Å². The number of anilines is 2. The van der Waals surface area contributed by atoms with Crippen LogP contribution in [-0.2, 0) is 27.7 Å². The van der Waals surface area contributed by atoms with Gasteiger partial charge in [0.2, 0.25) is 11.7 Å². The minimum Gasteiger partial charge on any atom is -0.503 e. The number of halogens is 4. The zero-order valence-corrected chi connectivity index (χ0v) is 29.4. The van der Waals surface area contributed by atoms with E-state index in [1.807, 2.05) is 17.9 Å². The van der Waals surface area contributed by atoms with Gasteiger partial charge in [0.15, 0.2) is 23.1 Å². The van der Waals surface area contributed by atoms with Crippen LogP contribution >= 0.6 is 11.6 Å². The van der Waals surface area contributed by atoms with Gasteiger partial charge in [0.1, 0.15) is 12.9 Å². The van der Waals surface area contributed by atoms with Gasteiger partial charge in [0.25, 0.3) is 11.5 Å². The Kier molecular flexibility index (Phi) is 8.67. The number of aromatic hydroxyl groups is 1. The van der Waals surface area contributed by atoms with Gasteiger partial charge in [-0.1, -0.05) is 24.6 Å². The third-order valence-electron chi connectivity index (χ3n) is 10.8. The zero-order chi connectivity index (χ0) is 37.2. The van der Waals surface area contributed by atoms with E-state index in [9.17, 15) is 32.7 Å². The summed E-state index contributed by atoms with van der Waals surface area (Å²) in [6, 6.07) is 2.68. The number of hydrogen-bond donors (Lipinski definition) is 2. The molecule has 4 aromatic rings. The molecule has 53 heavy (non-hydrogen) atoms. The molecule has 1 atom stereocenters. The van der Waals surface area contributed by atoms with Crippen molar-refractivity contribution in [3.8, 4) is 5.75 Å². The Morgan fingerprint density at radius 2 is 1.92 bits per heavy atom. The van der Waals surface area contributed by atoms with Gasteiger partial charge < -0.3 is 29.5 Å². The van der Waals surface area contributed by atoms with Crippen molar-refractivity contribution < 1.29 is 32.6 Å². The Balaban J connectivity index is 1.13. The van der Waals surface area contributed by atoms with Crippen LogP contribution in [0.3, 0.4) is 0 Å². The van der Waals surface area contributed by atoms with Crippen LogP contribution in [0.25, 0.3) is 11.4 Å². The average molecular weight is 754 g/mol. The highest BCUT2D eigenvalue weighted by molar-refractivity contribution is 6.33. The molecular weight excluding hydrogens is 719 g/mol. The number of amides is 2. The number of carbonyl (C=O) groups is 2. The number of alkyl halides is 3. The van der Waals surface area contributed by atoms with Gasteiger partial charge in [-0.25, -0.2) is 9.97 Å². The van der Waals surface area contributed by atoms with E-state index in [0.29, 0.717) is 61.8 Å². The van der Waals surface area contributed by atoms with Crippen LogP contribution in [0.5, 0.6) is 5.75 Å². The Morgan fingerprint density at radius 1 is 1.15 bits per heavy atom. The lowest BCUT2D eigenvalue weighted by Gasteiger charge is -2.39. The van der Waals surface area contributed by atoms with E-state index in [0.717, 1.165) is 43.3 Å². The molecule has 3 aliphatic heterocycles. The predicted molar refractivity (Wildman–Crippen MR) is 186 cm³/mol. The zero-order valence-electron chi connectivity index (χ0n) is 28.6. The van der Waals surface area contributed by atoms with Crippen LogP contribution in [0.15, 0.2) is 35.4 Å². The molecule has 0 unspecified atom stereocenters. The molecule has 14 nitrogen and oxygen atoms in total. The first-order valence-electron chi connectivity index (χ1n) is 17.4.